The summed E-state index contributed by atoms with van der Waals surface area (Å²) in [5.41, 5.74) is 2.78. The topological polar surface area (TPSA) is 30.7 Å². The van der Waals surface area contributed by atoms with Gasteiger partial charge in [-0.1, -0.05) is 67.5 Å². The number of thioether (sulfide) groups is 1. The summed E-state index contributed by atoms with van der Waals surface area (Å²) in [4.78, 5) is 0. The zero-order valence-electron chi connectivity index (χ0n) is 14.3. The number of hydrogen-bond acceptors (Lipinski definition) is 3. The van der Waals surface area contributed by atoms with Crippen molar-refractivity contribution in [3.63, 3.8) is 0 Å². The van der Waals surface area contributed by atoms with Gasteiger partial charge in [0.15, 0.2) is 11.0 Å². The highest BCUT2D eigenvalue weighted by molar-refractivity contribution is 7.98. The number of aromatic nitrogens is 3. The lowest BCUT2D eigenvalue weighted by Crippen LogP contribution is -1.96. The van der Waals surface area contributed by atoms with Crippen LogP contribution in [0.5, 0.6) is 0 Å². The van der Waals surface area contributed by atoms with Crippen LogP contribution < -0.4 is 0 Å². The first kappa shape index (κ1) is 18.0. The second-order valence-corrected chi connectivity index (χ2v) is 7.48. The number of benzene rings is 2. The standard InChI is InChI=1S/C19H19ClFN3S/c1-12(2)13-7-9-14(10-8-13)18-22-23-19(24(18)3)25-11-15-16(20)5-4-6-17(15)21/h4-10,12H,11H2,1-3H3. The summed E-state index contributed by atoms with van der Waals surface area (Å²) < 4.78 is 15.8. The molecule has 0 fully saturated rings. The van der Waals surface area contributed by atoms with Crippen molar-refractivity contribution in [2.75, 3.05) is 0 Å². The Morgan fingerprint density at radius 1 is 1.12 bits per heavy atom. The number of hydrogen-bond donors (Lipinski definition) is 0. The molecule has 0 saturated carbocycles. The lowest BCUT2D eigenvalue weighted by atomic mass is 10.0. The third kappa shape index (κ3) is 3.88. The summed E-state index contributed by atoms with van der Waals surface area (Å²) in [7, 11) is 1.91. The van der Waals surface area contributed by atoms with Gasteiger partial charge in [-0.2, -0.15) is 0 Å². The Labute approximate surface area is 156 Å². The second kappa shape index (κ2) is 7.58. The highest BCUT2D eigenvalue weighted by atomic mass is 35.5. The predicted molar refractivity (Wildman–Crippen MR) is 101 cm³/mol. The third-order valence-electron chi connectivity index (χ3n) is 4.08. The molecule has 0 radical (unpaired) electrons. The Balaban J connectivity index is 1.79. The van der Waals surface area contributed by atoms with Crippen LogP contribution in [0.15, 0.2) is 47.6 Å². The minimum absolute atomic E-state index is 0.299. The zero-order chi connectivity index (χ0) is 18.0. The lowest BCUT2D eigenvalue weighted by Gasteiger charge is -2.08. The lowest BCUT2D eigenvalue weighted by molar-refractivity contribution is 0.617. The summed E-state index contributed by atoms with van der Waals surface area (Å²) in [6, 6.07) is 13.1. The average molecular weight is 376 g/mol. The fourth-order valence-electron chi connectivity index (χ4n) is 2.52. The van der Waals surface area contributed by atoms with Crippen LogP contribution in [0.2, 0.25) is 5.02 Å². The van der Waals surface area contributed by atoms with Gasteiger partial charge < -0.3 is 4.57 Å². The molecule has 0 unspecified atom stereocenters. The smallest absolute Gasteiger partial charge is 0.191 e. The van der Waals surface area contributed by atoms with Gasteiger partial charge in [0.2, 0.25) is 0 Å². The molecule has 1 aromatic heterocycles. The van der Waals surface area contributed by atoms with E-state index in [-0.39, 0.29) is 5.82 Å². The molecule has 0 aliphatic carbocycles. The van der Waals surface area contributed by atoms with Crippen LogP contribution in [0.25, 0.3) is 11.4 Å². The van der Waals surface area contributed by atoms with Crippen LogP contribution >= 0.6 is 23.4 Å². The van der Waals surface area contributed by atoms with Gasteiger partial charge in [0, 0.05) is 29.0 Å². The molecule has 6 heteroatoms. The summed E-state index contributed by atoms with van der Waals surface area (Å²) in [6.07, 6.45) is 0. The maximum Gasteiger partial charge on any atom is 0.191 e. The van der Waals surface area contributed by atoms with Crippen molar-refractivity contribution in [2.24, 2.45) is 7.05 Å². The normalized spacial score (nSPS) is 11.3. The predicted octanol–water partition coefficient (Wildman–Crippen LogP) is 5.69. The molecule has 0 aliphatic heterocycles. The molecular weight excluding hydrogens is 357 g/mol. The van der Waals surface area contributed by atoms with Crippen LogP contribution in [0, 0.1) is 5.82 Å². The van der Waals surface area contributed by atoms with E-state index in [4.69, 9.17) is 11.6 Å². The van der Waals surface area contributed by atoms with E-state index in [0.717, 1.165) is 16.5 Å². The Kier molecular flexibility index (Phi) is 5.45. The zero-order valence-corrected chi connectivity index (χ0v) is 15.9. The first-order chi connectivity index (χ1) is 12.0. The molecule has 0 amide bonds. The summed E-state index contributed by atoms with van der Waals surface area (Å²) >= 11 is 7.50. The maximum atomic E-state index is 13.9. The van der Waals surface area contributed by atoms with Gasteiger partial charge in [-0.15, -0.1) is 10.2 Å². The minimum Gasteiger partial charge on any atom is -0.305 e. The summed E-state index contributed by atoms with van der Waals surface area (Å²) in [5, 5.41) is 9.67. The number of nitrogens with zero attached hydrogens (tertiary/aromatic N) is 3. The molecular formula is C19H19ClFN3S. The van der Waals surface area contributed by atoms with E-state index < -0.39 is 0 Å². The van der Waals surface area contributed by atoms with Crippen molar-refractivity contribution in [3.8, 4) is 11.4 Å². The van der Waals surface area contributed by atoms with Crippen molar-refractivity contribution in [1.82, 2.24) is 14.8 Å². The molecule has 3 rings (SSSR count). The van der Waals surface area contributed by atoms with Gasteiger partial charge in [0.25, 0.3) is 0 Å². The molecule has 25 heavy (non-hydrogen) atoms. The van der Waals surface area contributed by atoms with E-state index in [2.05, 4.69) is 48.3 Å². The van der Waals surface area contributed by atoms with E-state index in [1.54, 1.807) is 12.1 Å². The van der Waals surface area contributed by atoms with Crippen molar-refractivity contribution < 1.29 is 4.39 Å². The first-order valence-electron chi connectivity index (χ1n) is 8.02. The molecule has 0 saturated heterocycles. The van der Waals surface area contributed by atoms with Crippen molar-refractivity contribution in [2.45, 2.75) is 30.7 Å². The molecule has 1 heterocycles. The van der Waals surface area contributed by atoms with Crippen LogP contribution in [0.4, 0.5) is 4.39 Å². The largest absolute Gasteiger partial charge is 0.305 e. The van der Waals surface area contributed by atoms with Gasteiger partial charge in [-0.3, -0.25) is 0 Å². The van der Waals surface area contributed by atoms with E-state index >= 15 is 0 Å². The highest BCUT2D eigenvalue weighted by Crippen LogP contribution is 2.29. The van der Waals surface area contributed by atoms with Crippen molar-refractivity contribution >= 4 is 23.4 Å². The van der Waals surface area contributed by atoms with Crippen LogP contribution in [-0.2, 0) is 12.8 Å². The highest BCUT2D eigenvalue weighted by Gasteiger charge is 2.14. The van der Waals surface area contributed by atoms with Gasteiger partial charge in [-0.25, -0.2) is 4.39 Å². The monoisotopic (exact) mass is 375 g/mol. The summed E-state index contributed by atoms with van der Waals surface area (Å²) in [6.45, 7) is 4.33. The Morgan fingerprint density at radius 2 is 1.84 bits per heavy atom. The molecule has 0 atom stereocenters. The van der Waals surface area contributed by atoms with E-state index in [1.807, 2.05) is 11.6 Å². The Bertz CT molecular complexity index is 855. The van der Waals surface area contributed by atoms with Gasteiger partial charge in [0.1, 0.15) is 5.82 Å². The van der Waals surface area contributed by atoms with E-state index in [1.165, 1.54) is 23.4 Å². The molecule has 0 spiro atoms. The fraction of sp³-hybridized carbons (Fsp3) is 0.263. The molecule has 2 aromatic carbocycles. The van der Waals surface area contributed by atoms with Crippen LogP contribution in [0.1, 0.15) is 30.9 Å². The Morgan fingerprint density at radius 3 is 2.48 bits per heavy atom. The van der Waals surface area contributed by atoms with Gasteiger partial charge in [0.05, 0.1) is 0 Å². The molecule has 3 aromatic rings. The Hall–Kier alpha value is -1.85. The maximum absolute atomic E-state index is 13.9. The molecule has 0 aliphatic rings. The van der Waals surface area contributed by atoms with Gasteiger partial charge >= 0.3 is 0 Å². The molecule has 0 bridgehead atoms. The van der Waals surface area contributed by atoms with Gasteiger partial charge in [-0.05, 0) is 23.6 Å². The first-order valence-corrected chi connectivity index (χ1v) is 9.39. The fourth-order valence-corrected chi connectivity index (χ4v) is 3.77. The minimum atomic E-state index is -0.299. The van der Waals surface area contributed by atoms with Crippen LogP contribution in [-0.4, -0.2) is 14.8 Å². The molecule has 130 valence electrons. The SMILES string of the molecule is CC(C)c1ccc(-c2nnc(SCc3c(F)cccc3Cl)n2C)cc1. The number of rotatable bonds is 5. The van der Waals surface area contributed by atoms with Crippen molar-refractivity contribution in [3.05, 3.63) is 64.4 Å². The average Bonchev–Trinajstić information content (AvgIpc) is 2.95. The second-order valence-electron chi connectivity index (χ2n) is 6.13. The van der Waals surface area contributed by atoms with E-state index in [0.29, 0.717) is 22.3 Å². The third-order valence-corrected chi connectivity index (χ3v) is 5.48. The molecule has 0 N–H and O–H groups in total. The van der Waals surface area contributed by atoms with Crippen molar-refractivity contribution in [1.29, 1.82) is 0 Å². The number of halogens is 2. The molecule has 3 nitrogen and oxygen atoms in total. The quantitative estimate of drug-likeness (QED) is 0.536. The van der Waals surface area contributed by atoms with E-state index in [9.17, 15) is 4.39 Å². The van der Waals surface area contributed by atoms with Crippen LogP contribution in [0.3, 0.4) is 0 Å². The summed E-state index contributed by atoms with van der Waals surface area (Å²) in [5.74, 6) is 1.39.